The minimum absolute atomic E-state index is 0.106. The molecule has 2 aromatic rings. The van der Waals surface area contributed by atoms with E-state index in [0.29, 0.717) is 17.1 Å². The number of benzene rings is 1. The Hall–Kier alpha value is -2.87. The number of nitro benzene ring substituents is 1. The standard InChI is InChI=1S/C14H12ClN3O5/c1-2-22-14(19)17-16-8-10-4-6-13(23-10)11-5-3-9(18(20)21)7-12(11)15/h3-8H,2H2,1H3,(H,17,19)/b16-8+. The van der Waals surface area contributed by atoms with E-state index >= 15 is 0 Å². The molecular weight excluding hydrogens is 326 g/mol. The number of carbonyl (C=O) groups excluding carboxylic acids is 1. The number of ether oxygens (including phenoxy) is 1. The van der Waals surface area contributed by atoms with Gasteiger partial charge in [0, 0.05) is 17.7 Å². The van der Waals surface area contributed by atoms with Crippen LogP contribution in [-0.2, 0) is 4.74 Å². The van der Waals surface area contributed by atoms with Gasteiger partial charge in [0.25, 0.3) is 5.69 Å². The molecule has 1 aromatic carbocycles. The minimum atomic E-state index is -0.672. The molecule has 1 amide bonds. The first-order valence-corrected chi connectivity index (χ1v) is 6.89. The van der Waals surface area contributed by atoms with E-state index in [-0.39, 0.29) is 17.3 Å². The van der Waals surface area contributed by atoms with Gasteiger partial charge in [0.1, 0.15) is 11.5 Å². The van der Waals surface area contributed by atoms with Crippen molar-refractivity contribution in [2.24, 2.45) is 5.10 Å². The van der Waals surface area contributed by atoms with E-state index in [2.05, 4.69) is 15.3 Å². The van der Waals surface area contributed by atoms with Crippen molar-refractivity contribution in [2.75, 3.05) is 6.61 Å². The Morgan fingerprint density at radius 3 is 2.91 bits per heavy atom. The van der Waals surface area contributed by atoms with Crippen LogP contribution in [0, 0.1) is 10.1 Å². The minimum Gasteiger partial charge on any atom is -0.455 e. The molecule has 0 saturated carbocycles. The number of hydrogen-bond acceptors (Lipinski definition) is 6. The fourth-order valence-electron chi connectivity index (χ4n) is 1.70. The van der Waals surface area contributed by atoms with Gasteiger partial charge in [0.2, 0.25) is 0 Å². The van der Waals surface area contributed by atoms with Crippen molar-refractivity contribution in [1.29, 1.82) is 0 Å². The van der Waals surface area contributed by atoms with Gasteiger partial charge >= 0.3 is 6.09 Å². The maximum atomic E-state index is 11.0. The highest BCUT2D eigenvalue weighted by atomic mass is 35.5. The molecule has 0 bridgehead atoms. The van der Waals surface area contributed by atoms with Crippen molar-refractivity contribution in [2.45, 2.75) is 6.92 Å². The van der Waals surface area contributed by atoms with E-state index in [4.69, 9.17) is 16.0 Å². The molecule has 120 valence electrons. The van der Waals surface area contributed by atoms with E-state index in [1.165, 1.54) is 24.4 Å². The fourth-order valence-corrected chi connectivity index (χ4v) is 1.96. The maximum absolute atomic E-state index is 11.0. The molecule has 0 radical (unpaired) electrons. The van der Waals surface area contributed by atoms with Gasteiger partial charge in [0.15, 0.2) is 0 Å². The highest BCUT2D eigenvalue weighted by molar-refractivity contribution is 6.33. The Bertz CT molecular complexity index is 757. The lowest BCUT2D eigenvalue weighted by Gasteiger charge is -2.00. The molecule has 0 atom stereocenters. The van der Waals surface area contributed by atoms with Crippen LogP contribution in [0.2, 0.25) is 5.02 Å². The zero-order chi connectivity index (χ0) is 16.8. The van der Waals surface area contributed by atoms with Crippen LogP contribution in [0.4, 0.5) is 10.5 Å². The SMILES string of the molecule is CCOC(=O)N/N=C/c1ccc(-c2ccc([N+](=O)[O-])cc2Cl)o1. The number of hydrazone groups is 1. The van der Waals surface area contributed by atoms with Crippen LogP contribution in [0.25, 0.3) is 11.3 Å². The molecule has 0 unspecified atom stereocenters. The normalized spacial score (nSPS) is 10.7. The zero-order valence-electron chi connectivity index (χ0n) is 12.0. The summed E-state index contributed by atoms with van der Waals surface area (Å²) in [5.74, 6) is 0.786. The molecule has 0 fully saturated rings. The molecule has 1 aromatic heterocycles. The molecule has 23 heavy (non-hydrogen) atoms. The smallest absolute Gasteiger partial charge is 0.427 e. The van der Waals surface area contributed by atoms with Crippen LogP contribution in [0.5, 0.6) is 0 Å². The van der Waals surface area contributed by atoms with Crippen LogP contribution in [0.1, 0.15) is 12.7 Å². The predicted octanol–water partition coefficient (Wildman–Crippen LogP) is 3.59. The lowest BCUT2D eigenvalue weighted by Crippen LogP contribution is -2.18. The van der Waals surface area contributed by atoms with Crippen molar-refractivity contribution in [1.82, 2.24) is 5.43 Å². The predicted molar refractivity (Wildman–Crippen MR) is 83.6 cm³/mol. The first-order chi connectivity index (χ1) is 11.0. The Balaban J connectivity index is 2.11. The van der Waals surface area contributed by atoms with Crippen molar-refractivity contribution >= 4 is 29.6 Å². The second kappa shape index (κ2) is 7.41. The molecule has 0 aliphatic heterocycles. The number of nitrogens with zero attached hydrogens (tertiary/aromatic N) is 2. The van der Waals surface area contributed by atoms with Gasteiger partial charge in [-0.2, -0.15) is 5.10 Å². The molecule has 0 saturated heterocycles. The third-order valence-corrected chi connectivity index (χ3v) is 2.99. The van der Waals surface area contributed by atoms with Crippen LogP contribution < -0.4 is 5.43 Å². The first-order valence-electron chi connectivity index (χ1n) is 6.51. The topological polar surface area (TPSA) is 107 Å². The summed E-state index contributed by atoms with van der Waals surface area (Å²) >= 11 is 6.03. The highest BCUT2D eigenvalue weighted by Gasteiger charge is 2.13. The van der Waals surface area contributed by atoms with Gasteiger partial charge in [-0.15, -0.1) is 0 Å². The molecule has 1 heterocycles. The second-order valence-corrected chi connectivity index (χ2v) is 4.62. The van der Waals surface area contributed by atoms with Crippen LogP contribution in [0.3, 0.4) is 0 Å². The van der Waals surface area contributed by atoms with Crippen LogP contribution in [-0.4, -0.2) is 23.8 Å². The van der Waals surface area contributed by atoms with E-state index in [9.17, 15) is 14.9 Å². The Morgan fingerprint density at radius 2 is 2.26 bits per heavy atom. The van der Waals surface area contributed by atoms with Gasteiger partial charge in [-0.05, 0) is 25.1 Å². The monoisotopic (exact) mass is 337 g/mol. The summed E-state index contributed by atoms with van der Waals surface area (Å²) in [6.45, 7) is 1.92. The average molecular weight is 338 g/mol. The molecule has 2 rings (SSSR count). The van der Waals surface area contributed by atoms with Crippen molar-refractivity contribution in [3.05, 3.63) is 51.2 Å². The molecule has 0 aliphatic carbocycles. The second-order valence-electron chi connectivity index (χ2n) is 4.21. The van der Waals surface area contributed by atoms with Crippen LogP contribution >= 0.6 is 11.6 Å². The summed E-state index contributed by atoms with van der Waals surface area (Å²) < 4.78 is 10.1. The summed E-state index contributed by atoms with van der Waals surface area (Å²) in [4.78, 5) is 21.2. The number of halogens is 1. The van der Waals surface area contributed by atoms with Gasteiger partial charge in [-0.25, -0.2) is 10.2 Å². The maximum Gasteiger partial charge on any atom is 0.427 e. The zero-order valence-corrected chi connectivity index (χ0v) is 12.7. The molecular formula is C14H12ClN3O5. The molecule has 1 N–H and O–H groups in total. The Kier molecular flexibility index (Phi) is 5.32. The lowest BCUT2D eigenvalue weighted by molar-refractivity contribution is -0.384. The number of furan rings is 1. The molecule has 0 aliphatic rings. The van der Waals surface area contributed by atoms with Crippen molar-refractivity contribution < 1.29 is 18.9 Å². The first kappa shape index (κ1) is 16.5. The number of nitro groups is 1. The van der Waals surface area contributed by atoms with Gasteiger partial charge in [-0.1, -0.05) is 11.6 Å². The molecule has 0 spiro atoms. The highest BCUT2D eigenvalue weighted by Crippen LogP contribution is 2.31. The van der Waals surface area contributed by atoms with Gasteiger partial charge in [0.05, 0.1) is 22.8 Å². The summed E-state index contributed by atoms with van der Waals surface area (Å²) in [6, 6.07) is 7.33. The number of amides is 1. The van der Waals surface area contributed by atoms with E-state index in [1.54, 1.807) is 19.1 Å². The Morgan fingerprint density at radius 1 is 1.48 bits per heavy atom. The third kappa shape index (κ3) is 4.30. The average Bonchev–Trinajstić information content (AvgIpc) is 2.96. The number of nitrogens with one attached hydrogen (secondary N) is 1. The molecule has 9 heteroatoms. The van der Waals surface area contributed by atoms with Gasteiger partial charge < -0.3 is 9.15 Å². The third-order valence-electron chi connectivity index (χ3n) is 2.68. The largest absolute Gasteiger partial charge is 0.455 e. The summed E-state index contributed by atoms with van der Waals surface area (Å²) in [5.41, 5.74) is 2.56. The fraction of sp³-hybridized carbons (Fsp3) is 0.143. The summed E-state index contributed by atoms with van der Waals surface area (Å²) in [5, 5.41) is 14.5. The number of hydrogen-bond donors (Lipinski definition) is 1. The van der Waals surface area contributed by atoms with E-state index < -0.39 is 11.0 Å². The van der Waals surface area contributed by atoms with Crippen LogP contribution in [0.15, 0.2) is 39.9 Å². The number of carbonyl (C=O) groups is 1. The van der Waals surface area contributed by atoms with Crippen molar-refractivity contribution in [3.63, 3.8) is 0 Å². The lowest BCUT2D eigenvalue weighted by atomic mass is 10.1. The number of non-ortho nitro benzene ring substituents is 1. The summed E-state index contributed by atoms with van der Waals surface area (Å²) in [7, 11) is 0. The summed E-state index contributed by atoms with van der Waals surface area (Å²) in [6.07, 6.45) is 0.619. The Labute approximate surface area is 135 Å². The van der Waals surface area contributed by atoms with E-state index in [0.717, 1.165) is 0 Å². The number of rotatable bonds is 5. The molecule has 8 nitrogen and oxygen atoms in total. The van der Waals surface area contributed by atoms with Gasteiger partial charge in [-0.3, -0.25) is 10.1 Å². The van der Waals surface area contributed by atoms with E-state index in [1.807, 2.05) is 0 Å². The quantitative estimate of drug-likeness (QED) is 0.509. The van der Waals surface area contributed by atoms with Crippen molar-refractivity contribution in [3.8, 4) is 11.3 Å².